The summed E-state index contributed by atoms with van der Waals surface area (Å²) < 4.78 is 10.2. The van der Waals surface area contributed by atoms with E-state index in [-0.39, 0.29) is 5.75 Å². The van der Waals surface area contributed by atoms with Crippen LogP contribution in [0.5, 0.6) is 11.5 Å². The molecule has 0 fully saturated rings. The topological polar surface area (TPSA) is 55.8 Å². The second-order valence-corrected chi connectivity index (χ2v) is 4.39. The van der Waals surface area contributed by atoms with Crippen LogP contribution in [-0.2, 0) is 16.1 Å². The Morgan fingerprint density at radius 2 is 1.95 bits per heavy atom. The number of ether oxygens (including phenoxy) is 2. The second kappa shape index (κ2) is 7.14. The zero-order chi connectivity index (χ0) is 15.1. The van der Waals surface area contributed by atoms with Gasteiger partial charge in [-0.2, -0.15) is 0 Å². The third kappa shape index (κ3) is 4.69. The van der Waals surface area contributed by atoms with Gasteiger partial charge in [0.25, 0.3) is 0 Å². The fourth-order valence-corrected chi connectivity index (χ4v) is 1.76. The van der Waals surface area contributed by atoms with E-state index in [0.717, 1.165) is 5.56 Å². The lowest BCUT2D eigenvalue weighted by Crippen LogP contribution is -1.95. The van der Waals surface area contributed by atoms with Crippen LogP contribution in [0.15, 0.2) is 54.6 Å². The van der Waals surface area contributed by atoms with Crippen molar-refractivity contribution in [2.24, 2.45) is 0 Å². The summed E-state index contributed by atoms with van der Waals surface area (Å²) in [4.78, 5) is 11.1. The van der Waals surface area contributed by atoms with E-state index in [2.05, 4.69) is 4.74 Å². The Morgan fingerprint density at radius 1 is 1.19 bits per heavy atom. The summed E-state index contributed by atoms with van der Waals surface area (Å²) in [5.41, 5.74) is 1.69. The first-order chi connectivity index (χ1) is 10.2. The minimum Gasteiger partial charge on any atom is -0.508 e. The van der Waals surface area contributed by atoms with Crippen LogP contribution in [0, 0.1) is 0 Å². The molecule has 1 N–H and O–H groups in total. The molecule has 2 aromatic rings. The number of phenolic OH excluding ortho intramolecular Hbond substituents is 1. The van der Waals surface area contributed by atoms with Gasteiger partial charge in [-0.1, -0.05) is 30.3 Å². The molecular weight excluding hydrogens is 268 g/mol. The number of phenols is 1. The smallest absolute Gasteiger partial charge is 0.330 e. The molecule has 0 aliphatic heterocycles. The average Bonchev–Trinajstić information content (AvgIpc) is 2.51. The number of aromatic hydroxyl groups is 1. The standard InChI is InChI=1S/C17H16O4/c1-20-17(19)8-7-14-9-15(18)11-16(10-14)21-12-13-5-3-2-4-6-13/h2-11,18H,12H2,1H3. The summed E-state index contributed by atoms with van der Waals surface area (Å²) in [7, 11) is 1.31. The Hall–Kier alpha value is -2.75. The van der Waals surface area contributed by atoms with Crippen molar-refractivity contribution >= 4 is 12.0 Å². The Kier molecular flexibility index (Phi) is 4.99. The fraction of sp³-hybridized carbons (Fsp3) is 0.118. The summed E-state index contributed by atoms with van der Waals surface area (Å²) in [5, 5.41) is 9.68. The number of hydrogen-bond donors (Lipinski definition) is 1. The molecule has 0 unspecified atom stereocenters. The van der Waals surface area contributed by atoms with E-state index in [0.29, 0.717) is 17.9 Å². The highest BCUT2D eigenvalue weighted by Crippen LogP contribution is 2.23. The van der Waals surface area contributed by atoms with E-state index in [1.165, 1.54) is 25.3 Å². The maximum Gasteiger partial charge on any atom is 0.330 e. The van der Waals surface area contributed by atoms with Crippen molar-refractivity contribution in [3.8, 4) is 11.5 Å². The van der Waals surface area contributed by atoms with Crippen LogP contribution in [0.2, 0.25) is 0 Å². The lowest BCUT2D eigenvalue weighted by molar-refractivity contribution is -0.134. The Labute approximate surface area is 123 Å². The lowest BCUT2D eigenvalue weighted by Gasteiger charge is -2.08. The van der Waals surface area contributed by atoms with Gasteiger partial charge in [-0.25, -0.2) is 4.79 Å². The van der Waals surface area contributed by atoms with Crippen LogP contribution < -0.4 is 4.74 Å². The highest BCUT2D eigenvalue weighted by atomic mass is 16.5. The largest absolute Gasteiger partial charge is 0.508 e. The normalized spacial score (nSPS) is 10.5. The van der Waals surface area contributed by atoms with E-state index in [1.54, 1.807) is 12.1 Å². The van der Waals surface area contributed by atoms with E-state index in [4.69, 9.17) is 4.74 Å². The van der Waals surface area contributed by atoms with Gasteiger partial charge < -0.3 is 14.6 Å². The van der Waals surface area contributed by atoms with E-state index < -0.39 is 5.97 Å². The van der Waals surface area contributed by atoms with E-state index in [9.17, 15) is 9.90 Å². The summed E-state index contributed by atoms with van der Waals surface area (Å²) in [6.07, 6.45) is 2.84. The summed E-state index contributed by atoms with van der Waals surface area (Å²) in [6, 6.07) is 14.5. The Bertz CT molecular complexity index is 632. The van der Waals surface area contributed by atoms with Crippen molar-refractivity contribution in [1.82, 2.24) is 0 Å². The zero-order valence-corrected chi connectivity index (χ0v) is 11.7. The molecule has 0 aliphatic rings. The van der Waals surface area contributed by atoms with Crippen LogP contribution in [-0.4, -0.2) is 18.2 Å². The van der Waals surface area contributed by atoms with Crippen molar-refractivity contribution in [2.45, 2.75) is 6.61 Å². The molecule has 2 rings (SSSR count). The third-order valence-electron chi connectivity index (χ3n) is 2.77. The molecule has 0 heterocycles. The van der Waals surface area contributed by atoms with Crippen molar-refractivity contribution < 1.29 is 19.4 Å². The van der Waals surface area contributed by atoms with Gasteiger partial charge in [-0.3, -0.25) is 0 Å². The van der Waals surface area contributed by atoms with Gasteiger partial charge in [0, 0.05) is 12.1 Å². The van der Waals surface area contributed by atoms with Crippen molar-refractivity contribution in [3.05, 3.63) is 65.7 Å². The summed E-state index contributed by atoms with van der Waals surface area (Å²) in [5.74, 6) is 0.151. The van der Waals surface area contributed by atoms with Gasteiger partial charge in [0.05, 0.1) is 7.11 Å². The van der Waals surface area contributed by atoms with Crippen molar-refractivity contribution in [3.63, 3.8) is 0 Å². The summed E-state index contributed by atoms with van der Waals surface area (Å²) in [6.45, 7) is 0.407. The number of benzene rings is 2. The molecular formula is C17H16O4. The maximum atomic E-state index is 11.1. The number of hydrogen-bond acceptors (Lipinski definition) is 4. The Morgan fingerprint density at radius 3 is 2.67 bits per heavy atom. The van der Waals surface area contributed by atoms with E-state index in [1.807, 2.05) is 30.3 Å². The maximum absolute atomic E-state index is 11.1. The molecule has 4 heteroatoms. The number of carbonyl (C=O) groups excluding carboxylic acids is 1. The van der Waals surface area contributed by atoms with Gasteiger partial charge in [-0.15, -0.1) is 0 Å². The lowest BCUT2D eigenvalue weighted by atomic mass is 10.2. The van der Waals surface area contributed by atoms with Crippen LogP contribution in [0.1, 0.15) is 11.1 Å². The predicted molar refractivity (Wildman–Crippen MR) is 79.9 cm³/mol. The minimum absolute atomic E-state index is 0.0741. The molecule has 0 aliphatic carbocycles. The molecule has 2 aromatic carbocycles. The molecule has 4 nitrogen and oxygen atoms in total. The number of carbonyl (C=O) groups is 1. The molecule has 21 heavy (non-hydrogen) atoms. The SMILES string of the molecule is COC(=O)C=Cc1cc(O)cc(OCc2ccccc2)c1. The van der Waals surface area contributed by atoms with Gasteiger partial charge >= 0.3 is 5.97 Å². The van der Waals surface area contributed by atoms with E-state index >= 15 is 0 Å². The first-order valence-corrected chi connectivity index (χ1v) is 6.44. The molecule has 0 saturated heterocycles. The van der Waals surface area contributed by atoms with Gasteiger partial charge in [0.2, 0.25) is 0 Å². The molecule has 0 radical (unpaired) electrons. The molecule has 0 bridgehead atoms. The zero-order valence-electron chi connectivity index (χ0n) is 11.7. The highest BCUT2D eigenvalue weighted by Gasteiger charge is 2.01. The molecule has 0 spiro atoms. The monoisotopic (exact) mass is 284 g/mol. The fourth-order valence-electron chi connectivity index (χ4n) is 1.76. The van der Waals surface area contributed by atoms with Gasteiger partial charge in [-0.05, 0) is 29.3 Å². The molecule has 0 saturated carbocycles. The molecule has 0 atom stereocenters. The van der Waals surface area contributed by atoms with Crippen LogP contribution >= 0.6 is 0 Å². The average molecular weight is 284 g/mol. The quantitative estimate of drug-likeness (QED) is 0.677. The predicted octanol–water partition coefficient (Wildman–Crippen LogP) is 3.16. The number of rotatable bonds is 5. The van der Waals surface area contributed by atoms with Crippen LogP contribution in [0.4, 0.5) is 0 Å². The first-order valence-electron chi connectivity index (χ1n) is 6.44. The van der Waals surface area contributed by atoms with Gasteiger partial charge in [0.1, 0.15) is 18.1 Å². The van der Waals surface area contributed by atoms with Crippen LogP contribution in [0.25, 0.3) is 6.08 Å². The van der Waals surface area contributed by atoms with Gasteiger partial charge in [0.15, 0.2) is 0 Å². The number of methoxy groups -OCH3 is 1. The molecule has 108 valence electrons. The Balaban J connectivity index is 2.08. The van der Waals surface area contributed by atoms with Crippen molar-refractivity contribution in [1.29, 1.82) is 0 Å². The minimum atomic E-state index is -0.454. The third-order valence-corrected chi connectivity index (χ3v) is 2.77. The molecule has 0 amide bonds. The number of esters is 1. The highest BCUT2D eigenvalue weighted by molar-refractivity contribution is 5.87. The summed E-state index contributed by atoms with van der Waals surface area (Å²) >= 11 is 0. The second-order valence-electron chi connectivity index (χ2n) is 4.39. The first kappa shape index (κ1) is 14.7. The van der Waals surface area contributed by atoms with Crippen LogP contribution in [0.3, 0.4) is 0 Å². The molecule has 0 aromatic heterocycles. The van der Waals surface area contributed by atoms with Crippen molar-refractivity contribution in [2.75, 3.05) is 7.11 Å².